The van der Waals surface area contributed by atoms with Crippen molar-refractivity contribution in [2.75, 3.05) is 4.90 Å². The first-order valence-corrected chi connectivity index (χ1v) is 11.1. The van der Waals surface area contributed by atoms with Crippen LogP contribution in [0.3, 0.4) is 0 Å². The van der Waals surface area contributed by atoms with Gasteiger partial charge >= 0.3 is 0 Å². The summed E-state index contributed by atoms with van der Waals surface area (Å²) in [5.41, 5.74) is 4.67. The Morgan fingerprint density at radius 3 is 2.59 bits per heavy atom. The maximum atomic E-state index is 10.7. The predicted octanol–water partition coefficient (Wildman–Crippen LogP) is 5.72. The Morgan fingerprint density at radius 1 is 1.00 bits per heavy atom. The molecule has 0 aliphatic carbocycles. The van der Waals surface area contributed by atoms with Crippen molar-refractivity contribution in [1.82, 2.24) is 14.9 Å². The number of aromatic hydroxyl groups is 1. The lowest BCUT2D eigenvalue weighted by Gasteiger charge is -2.29. The van der Waals surface area contributed by atoms with Gasteiger partial charge in [-0.1, -0.05) is 35.9 Å². The number of pyridine rings is 1. The lowest BCUT2D eigenvalue weighted by Crippen LogP contribution is -2.30. The van der Waals surface area contributed by atoms with Gasteiger partial charge in [0.05, 0.1) is 17.4 Å². The molecule has 5 nitrogen and oxygen atoms in total. The van der Waals surface area contributed by atoms with E-state index in [2.05, 4.69) is 40.0 Å². The molecule has 1 saturated heterocycles. The Kier molecular flexibility index (Phi) is 5.33. The number of phenols is 1. The zero-order valence-corrected chi connectivity index (χ0v) is 18.9. The van der Waals surface area contributed by atoms with Crippen LogP contribution in [0.15, 0.2) is 85.2 Å². The van der Waals surface area contributed by atoms with E-state index in [0.29, 0.717) is 15.8 Å². The molecule has 4 aromatic rings. The quantitative estimate of drug-likeness (QED) is 0.381. The third-order valence-corrected chi connectivity index (χ3v) is 6.30. The number of hydrogen-bond acceptors (Lipinski definition) is 3. The number of nitrogens with one attached hydrogen (secondary N) is 1. The van der Waals surface area contributed by atoms with E-state index in [4.69, 9.17) is 23.8 Å². The van der Waals surface area contributed by atoms with Gasteiger partial charge in [-0.2, -0.15) is 0 Å². The predicted molar refractivity (Wildman–Crippen MR) is 132 cm³/mol. The van der Waals surface area contributed by atoms with Crippen molar-refractivity contribution in [3.8, 4) is 11.4 Å². The van der Waals surface area contributed by atoms with Gasteiger partial charge in [-0.25, -0.2) is 0 Å². The largest absolute Gasteiger partial charge is 0.506 e. The molecule has 0 spiro atoms. The molecule has 2 aromatic carbocycles. The third kappa shape index (κ3) is 3.51. The van der Waals surface area contributed by atoms with Crippen LogP contribution in [0.1, 0.15) is 29.0 Å². The van der Waals surface area contributed by atoms with E-state index in [1.54, 1.807) is 24.4 Å². The van der Waals surface area contributed by atoms with Gasteiger partial charge in [0, 0.05) is 28.8 Å². The Labute approximate surface area is 196 Å². The summed E-state index contributed by atoms with van der Waals surface area (Å²) >= 11 is 12.1. The molecule has 7 heteroatoms. The van der Waals surface area contributed by atoms with E-state index >= 15 is 0 Å². The highest BCUT2D eigenvalue weighted by Gasteiger charge is 2.43. The molecular weight excluding hydrogens is 440 g/mol. The van der Waals surface area contributed by atoms with E-state index in [1.807, 2.05) is 47.5 Å². The highest BCUT2D eigenvalue weighted by molar-refractivity contribution is 7.80. The van der Waals surface area contributed by atoms with Crippen LogP contribution >= 0.6 is 23.8 Å². The molecule has 3 heterocycles. The van der Waals surface area contributed by atoms with Crippen molar-refractivity contribution >= 4 is 34.6 Å². The Hall–Kier alpha value is -3.35. The number of para-hydroxylation sites is 1. The molecule has 32 heavy (non-hydrogen) atoms. The normalized spacial score (nSPS) is 18.1. The Morgan fingerprint density at radius 2 is 1.81 bits per heavy atom. The lowest BCUT2D eigenvalue weighted by atomic mass is 10.0. The van der Waals surface area contributed by atoms with Gasteiger partial charge in [0.25, 0.3) is 0 Å². The van der Waals surface area contributed by atoms with Crippen LogP contribution in [0.5, 0.6) is 5.75 Å². The van der Waals surface area contributed by atoms with Gasteiger partial charge in [0.15, 0.2) is 5.11 Å². The van der Waals surface area contributed by atoms with Gasteiger partial charge < -0.3 is 19.9 Å². The molecule has 0 saturated carbocycles. The van der Waals surface area contributed by atoms with Gasteiger partial charge in [-0.15, -0.1) is 0 Å². The number of anilines is 1. The van der Waals surface area contributed by atoms with Crippen LogP contribution in [0.4, 0.5) is 5.69 Å². The molecule has 1 aliphatic rings. The zero-order chi connectivity index (χ0) is 22.2. The number of aryl methyl sites for hydroxylation is 1. The summed E-state index contributed by atoms with van der Waals surface area (Å²) in [6.07, 6.45) is 3.82. The van der Waals surface area contributed by atoms with Crippen molar-refractivity contribution in [2.45, 2.75) is 19.0 Å². The number of thiocarbonyl (C=S) groups is 1. The van der Waals surface area contributed by atoms with Crippen LogP contribution in [-0.2, 0) is 0 Å². The second kappa shape index (κ2) is 8.30. The highest BCUT2D eigenvalue weighted by atomic mass is 35.5. The first-order valence-electron chi connectivity index (χ1n) is 10.3. The van der Waals surface area contributed by atoms with Crippen molar-refractivity contribution in [3.05, 3.63) is 107 Å². The summed E-state index contributed by atoms with van der Waals surface area (Å²) in [7, 11) is 0. The van der Waals surface area contributed by atoms with Crippen molar-refractivity contribution in [3.63, 3.8) is 0 Å². The number of hydrogen-bond donors (Lipinski definition) is 2. The van der Waals surface area contributed by atoms with Crippen molar-refractivity contribution < 1.29 is 5.11 Å². The number of halogens is 1. The molecule has 160 valence electrons. The molecule has 5 rings (SSSR count). The number of rotatable bonds is 4. The first kappa shape index (κ1) is 20.5. The summed E-state index contributed by atoms with van der Waals surface area (Å²) in [6.45, 7) is 2.09. The minimum atomic E-state index is -0.267. The summed E-state index contributed by atoms with van der Waals surface area (Å²) in [5, 5.41) is 15.2. The summed E-state index contributed by atoms with van der Waals surface area (Å²) in [4.78, 5) is 6.53. The number of benzene rings is 2. The van der Waals surface area contributed by atoms with Gasteiger partial charge in [-0.05, 0) is 73.2 Å². The van der Waals surface area contributed by atoms with E-state index in [9.17, 15) is 5.11 Å². The average molecular weight is 461 g/mol. The Balaban J connectivity index is 1.71. The Bertz CT molecular complexity index is 1290. The minimum Gasteiger partial charge on any atom is -0.506 e. The molecule has 1 fully saturated rings. The molecule has 0 bridgehead atoms. The van der Waals surface area contributed by atoms with E-state index in [-0.39, 0.29) is 17.8 Å². The van der Waals surface area contributed by atoms with Crippen LogP contribution in [-0.4, -0.2) is 19.8 Å². The summed E-state index contributed by atoms with van der Waals surface area (Å²) in [5.74, 6) is 0.110. The molecular formula is C25H21ClN4OS. The van der Waals surface area contributed by atoms with Gasteiger partial charge in [0.1, 0.15) is 11.8 Å². The standard InChI is InChI=1S/C25H21ClN4OS/c1-16-7-2-3-9-19(16)29-14-6-10-20(29)24-23(18-8-4-5-13-27-18)28-25(32)30(24)21-15-17(26)11-12-22(21)31/h2-15,23-24,31H,1H3,(H,28,32)/t23-,24-/m0/s1. The topological polar surface area (TPSA) is 53.3 Å². The van der Waals surface area contributed by atoms with E-state index < -0.39 is 0 Å². The SMILES string of the molecule is Cc1ccccc1-n1cccc1[C@H]1[C@H](c2ccccn2)NC(=S)N1c1cc(Cl)ccc1O. The third-order valence-electron chi connectivity index (χ3n) is 5.75. The van der Waals surface area contributed by atoms with Gasteiger partial charge in [0.2, 0.25) is 0 Å². The fourth-order valence-electron chi connectivity index (χ4n) is 4.29. The number of nitrogens with zero attached hydrogens (tertiary/aromatic N) is 3. The lowest BCUT2D eigenvalue weighted by molar-refractivity contribution is 0.472. The zero-order valence-electron chi connectivity index (χ0n) is 17.3. The molecule has 1 aliphatic heterocycles. The van der Waals surface area contributed by atoms with Crippen LogP contribution in [0, 0.1) is 6.92 Å². The molecule has 2 N–H and O–H groups in total. The minimum absolute atomic E-state index is 0.110. The monoisotopic (exact) mass is 460 g/mol. The fourth-order valence-corrected chi connectivity index (χ4v) is 4.80. The maximum Gasteiger partial charge on any atom is 0.174 e. The molecule has 0 unspecified atom stereocenters. The second-order valence-electron chi connectivity index (χ2n) is 7.72. The van der Waals surface area contributed by atoms with Crippen LogP contribution < -0.4 is 10.2 Å². The summed E-state index contributed by atoms with van der Waals surface area (Å²) in [6, 6.07) is 22.7. The maximum absolute atomic E-state index is 10.7. The van der Waals surface area contributed by atoms with Crippen LogP contribution in [0.2, 0.25) is 5.02 Å². The van der Waals surface area contributed by atoms with E-state index in [0.717, 1.165) is 22.6 Å². The number of aromatic nitrogens is 2. The van der Waals surface area contributed by atoms with Crippen molar-refractivity contribution in [1.29, 1.82) is 0 Å². The van der Waals surface area contributed by atoms with Crippen LogP contribution in [0.25, 0.3) is 5.69 Å². The number of phenolic OH excluding ortho intramolecular Hbond substituents is 1. The first-order chi connectivity index (χ1) is 15.5. The molecule has 2 aromatic heterocycles. The van der Waals surface area contributed by atoms with Crippen molar-refractivity contribution in [2.24, 2.45) is 0 Å². The summed E-state index contributed by atoms with van der Waals surface area (Å²) < 4.78 is 2.17. The highest BCUT2D eigenvalue weighted by Crippen LogP contribution is 2.45. The smallest absolute Gasteiger partial charge is 0.174 e. The second-order valence-corrected chi connectivity index (χ2v) is 8.54. The molecule has 0 amide bonds. The van der Waals surface area contributed by atoms with E-state index in [1.165, 1.54) is 0 Å². The average Bonchev–Trinajstić information content (AvgIpc) is 3.40. The molecule has 2 atom stereocenters. The fraction of sp³-hybridized carbons (Fsp3) is 0.120. The van der Waals surface area contributed by atoms with Gasteiger partial charge in [-0.3, -0.25) is 4.98 Å². The molecule has 0 radical (unpaired) electrons.